The summed E-state index contributed by atoms with van der Waals surface area (Å²) in [5.41, 5.74) is 7.43. The molecule has 0 saturated carbocycles. The molecule has 0 radical (unpaired) electrons. The van der Waals surface area contributed by atoms with Crippen LogP contribution in [0.2, 0.25) is 0 Å². The highest BCUT2D eigenvalue weighted by Gasteiger charge is 2.14. The van der Waals surface area contributed by atoms with Crippen molar-refractivity contribution in [3.05, 3.63) is 52.4 Å². The molecule has 0 saturated heterocycles. The van der Waals surface area contributed by atoms with E-state index in [1.54, 1.807) is 12.3 Å². The topological polar surface area (TPSA) is 42.2 Å². The maximum Gasteiger partial charge on any atom is 0.147 e. The highest BCUT2D eigenvalue weighted by atomic mass is 79.9. The second kappa shape index (κ2) is 6.81. The zero-order chi connectivity index (χ0) is 14.5. The number of nitrogens with zero attached hydrogens (tertiary/aromatic N) is 2. The normalized spacial score (nSPS) is 10.6. The third kappa shape index (κ3) is 3.55. The fourth-order valence-electron chi connectivity index (χ4n) is 1.98. The van der Waals surface area contributed by atoms with Crippen molar-refractivity contribution in [1.82, 2.24) is 4.98 Å². The van der Waals surface area contributed by atoms with E-state index < -0.39 is 0 Å². The standard InChI is InChI=1S/C15H17BrFN3/c1-11-8-14(16)15(19-10-11)20(7-3-6-18)13-5-2-4-12(17)9-13/h2,4-5,8-10H,3,6-7,18H2,1H3. The number of rotatable bonds is 5. The molecule has 1 aromatic carbocycles. The number of hydrogen-bond donors (Lipinski definition) is 1. The van der Waals surface area contributed by atoms with Gasteiger partial charge in [-0.15, -0.1) is 0 Å². The monoisotopic (exact) mass is 337 g/mol. The van der Waals surface area contributed by atoms with Gasteiger partial charge in [-0.25, -0.2) is 9.37 Å². The molecule has 0 amide bonds. The summed E-state index contributed by atoms with van der Waals surface area (Å²) in [5.74, 6) is 0.512. The van der Waals surface area contributed by atoms with Gasteiger partial charge in [0.05, 0.1) is 4.47 Å². The van der Waals surface area contributed by atoms with E-state index in [1.165, 1.54) is 12.1 Å². The smallest absolute Gasteiger partial charge is 0.147 e. The second-order valence-electron chi connectivity index (χ2n) is 4.59. The van der Waals surface area contributed by atoms with Crippen LogP contribution in [0.1, 0.15) is 12.0 Å². The first-order valence-electron chi connectivity index (χ1n) is 6.47. The number of aromatic nitrogens is 1. The van der Waals surface area contributed by atoms with Crippen molar-refractivity contribution in [3.63, 3.8) is 0 Å². The summed E-state index contributed by atoms with van der Waals surface area (Å²) in [7, 11) is 0. The summed E-state index contributed by atoms with van der Waals surface area (Å²) in [6.45, 7) is 3.25. The third-order valence-corrected chi connectivity index (χ3v) is 3.50. The van der Waals surface area contributed by atoms with Crippen LogP contribution in [0, 0.1) is 12.7 Å². The van der Waals surface area contributed by atoms with E-state index in [2.05, 4.69) is 20.9 Å². The molecule has 2 N–H and O–H groups in total. The van der Waals surface area contributed by atoms with Gasteiger partial charge in [0.15, 0.2) is 0 Å². The van der Waals surface area contributed by atoms with Gasteiger partial charge >= 0.3 is 0 Å². The van der Waals surface area contributed by atoms with Gasteiger partial charge < -0.3 is 10.6 Å². The van der Waals surface area contributed by atoms with Crippen LogP contribution in [0.3, 0.4) is 0 Å². The Kier molecular flexibility index (Phi) is 5.09. The van der Waals surface area contributed by atoms with Crippen LogP contribution in [0.4, 0.5) is 15.9 Å². The maximum atomic E-state index is 13.4. The molecule has 0 spiro atoms. The Morgan fingerprint density at radius 2 is 2.15 bits per heavy atom. The molecule has 5 heteroatoms. The maximum absolute atomic E-state index is 13.4. The number of benzene rings is 1. The lowest BCUT2D eigenvalue weighted by atomic mass is 10.2. The van der Waals surface area contributed by atoms with E-state index in [4.69, 9.17) is 5.73 Å². The molecule has 0 aliphatic heterocycles. The van der Waals surface area contributed by atoms with E-state index in [0.29, 0.717) is 13.1 Å². The molecule has 2 rings (SSSR count). The Labute approximate surface area is 126 Å². The van der Waals surface area contributed by atoms with Gasteiger partial charge in [-0.2, -0.15) is 0 Å². The predicted octanol–water partition coefficient (Wildman–Crippen LogP) is 3.78. The Bertz CT molecular complexity index is 589. The van der Waals surface area contributed by atoms with Gasteiger partial charge in [0, 0.05) is 18.4 Å². The lowest BCUT2D eigenvalue weighted by Crippen LogP contribution is -2.22. The van der Waals surface area contributed by atoms with Gasteiger partial charge in [0.2, 0.25) is 0 Å². The van der Waals surface area contributed by atoms with Crippen molar-refractivity contribution in [1.29, 1.82) is 0 Å². The molecule has 3 nitrogen and oxygen atoms in total. The molecular weight excluding hydrogens is 321 g/mol. The minimum Gasteiger partial charge on any atom is -0.330 e. The first-order chi connectivity index (χ1) is 9.61. The molecule has 0 atom stereocenters. The predicted molar refractivity (Wildman–Crippen MR) is 83.8 cm³/mol. The lowest BCUT2D eigenvalue weighted by molar-refractivity contribution is 0.627. The first-order valence-corrected chi connectivity index (χ1v) is 7.26. The Balaban J connectivity index is 2.41. The number of pyridine rings is 1. The van der Waals surface area contributed by atoms with Crippen LogP contribution in [0.25, 0.3) is 0 Å². The zero-order valence-corrected chi connectivity index (χ0v) is 12.9. The van der Waals surface area contributed by atoms with Gasteiger partial charge in [-0.1, -0.05) is 6.07 Å². The fourth-order valence-corrected chi connectivity index (χ4v) is 2.65. The lowest BCUT2D eigenvalue weighted by Gasteiger charge is -2.25. The molecule has 0 aliphatic carbocycles. The van der Waals surface area contributed by atoms with Crippen molar-refractivity contribution in [3.8, 4) is 0 Å². The van der Waals surface area contributed by atoms with Crippen LogP contribution in [-0.2, 0) is 0 Å². The van der Waals surface area contributed by atoms with Crippen LogP contribution < -0.4 is 10.6 Å². The third-order valence-electron chi connectivity index (χ3n) is 2.92. The van der Waals surface area contributed by atoms with E-state index in [9.17, 15) is 4.39 Å². The Morgan fingerprint density at radius 1 is 1.35 bits per heavy atom. The molecular formula is C15H17BrFN3. The van der Waals surface area contributed by atoms with Crippen LogP contribution in [-0.4, -0.2) is 18.1 Å². The first kappa shape index (κ1) is 14.9. The molecule has 0 fully saturated rings. The van der Waals surface area contributed by atoms with E-state index in [-0.39, 0.29) is 5.82 Å². The van der Waals surface area contributed by atoms with E-state index in [0.717, 1.165) is 28.0 Å². The molecule has 0 bridgehead atoms. The minimum atomic E-state index is -0.261. The molecule has 1 heterocycles. The number of anilines is 2. The van der Waals surface area contributed by atoms with Crippen molar-refractivity contribution in [2.75, 3.05) is 18.0 Å². The Hall–Kier alpha value is -1.46. The summed E-state index contributed by atoms with van der Waals surface area (Å²) >= 11 is 3.53. The van der Waals surface area contributed by atoms with E-state index >= 15 is 0 Å². The zero-order valence-electron chi connectivity index (χ0n) is 11.3. The average molecular weight is 338 g/mol. The largest absolute Gasteiger partial charge is 0.330 e. The van der Waals surface area contributed by atoms with Gasteiger partial charge in [-0.3, -0.25) is 0 Å². The highest BCUT2D eigenvalue weighted by molar-refractivity contribution is 9.10. The quantitative estimate of drug-likeness (QED) is 0.902. The summed E-state index contributed by atoms with van der Waals surface area (Å²) in [4.78, 5) is 6.42. The van der Waals surface area contributed by atoms with Crippen molar-refractivity contribution < 1.29 is 4.39 Å². The molecule has 0 aliphatic rings. The van der Waals surface area contributed by atoms with Crippen LogP contribution >= 0.6 is 15.9 Å². The van der Waals surface area contributed by atoms with E-state index in [1.807, 2.05) is 24.0 Å². The average Bonchev–Trinajstić information content (AvgIpc) is 2.41. The Morgan fingerprint density at radius 3 is 2.80 bits per heavy atom. The fraction of sp³-hybridized carbons (Fsp3) is 0.267. The summed E-state index contributed by atoms with van der Waals surface area (Å²) in [5, 5.41) is 0. The SMILES string of the molecule is Cc1cnc(N(CCCN)c2cccc(F)c2)c(Br)c1. The number of halogens is 2. The van der Waals surface area contributed by atoms with Crippen molar-refractivity contribution >= 4 is 27.4 Å². The molecule has 2 aromatic rings. The van der Waals surface area contributed by atoms with Gasteiger partial charge in [0.1, 0.15) is 11.6 Å². The molecule has 20 heavy (non-hydrogen) atoms. The molecule has 1 aromatic heterocycles. The van der Waals surface area contributed by atoms with Crippen LogP contribution in [0.15, 0.2) is 41.0 Å². The highest BCUT2D eigenvalue weighted by Crippen LogP contribution is 2.31. The molecule has 0 unspecified atom stereocenters. The summed E-state index contributed by atoms with van der Waals surface area (Å²) in [6.07, 6.45) is 2.60. The molecule has 106 valence electrons. The number of nitrogens with two attached hydrogens (primary N) is 1. The van der Waals surface area contributed by atoms with Crippen molar-refractivity contribution in [2.45, 2.75) is 13.3 Å². The van der Waals surface area contributed by atoms with Gasteiger partial charge in [0.25, 0.3) is 0 Å². The number of aryl methyl sites for hydroxylation is 1. The summed E-state index contributed by atoms with van der Waals surface area (Å²) < 4.78 is 14.3. The van der Waals surface area contributed by atoms with Crippen LogP contribution in [0.5, 0.6) is 0 Å². The number of hydrogen-bond acceptors (Lipinski definition) is 3. The minimum absolute atomic E-state index is 0.261. The summed E-state index contributed by atoms with van der Waals surface area (Å²) in [6, 6.07) is 8.50. The van der Waals surface area contributed by atoms with Gasteiger partial charge in [-0.05, 0) is 65.6 Å². The second-order valence-corrected chi connectivity index (χ2v) is 5.45. The van der Waals surface area contributed by atoms with Crippen molar-refractivity contribution in [2.24, 2.45) is 5.73 Å².